The van der Waals surface area contributed by atoms with E-state index in [1.165, 1.54) is 12.5 Å². The molecule has 0 saturated heterocycles. The zero-order valence-corrected chi connectivity index (χ0v) is 14.3. The number of aliphatic hydroxyl groups is 1. The van der Waals surface area contributed by atoms with E-state index in [1.54, 1.807) is 48.5 Å². The minimum absolute atomic E-state index is 0.0281. The molecular weight excluding hydrogens is 320 g/mol. The molecule has 0 unspecified atom stereocenters. The maximum absolute atomic E-state index is 8.92. The number of benzene rings is 2. The zero-order chi connectivity index (χ0) is 18.9. The molecule has 0 bridgehead atoms. The molecule has 2 aromatic carbocycles. The first-order valence-corrected chi connectivity index (χ1v) is 7.61. The molecule has 0 aromatic heterocycles. The highest BCUT2D eigenvalue weighted by Gasteiger charge is 1.90. The molecule has 2 rings (SSSR count). The Balaban J connectivity index is 0.000000372. The van der Waals surface area contributed by atoms with E-state index in [1.807, 2.05) is 6.92 Å². The molecule has 5 nitrogen and oxygen atoms in total. The molecule has 0 aliphatic rings. The van der Waals surface area contributed by atoms with Crippen molar-refractivity contribution >= 4 is 0 Å². The van der Waals surface area contributed by atoms with Crippen LogP contribution in [0.15, 0.2) is 67.6 Å². The van der Waals surface area contributed by atoms with E-state index in [2.05, 4.69) is 11.3 Å². The topological polar surface area (TPSA) is 79.2 Å². The second kappa shape index (κ2) is 14.6. The summed E-state index contributed by atoms with van der Waals surface area (Å²) >= 11 is 0. The van der Waals surface area contributed by atoms with Crippen LogP contribution in [0.4, 0.5) is 0 Å². The summed E-state index contributed by atoms with van der Waals surface area (Å²) in [6.45, 7) is 11.3. The van der Waals surface area contributed by atoms with Crippen molar-refractivity contribution in [3.8, 4) is 11.5 Å². The smallest absolute Gasteiger partial charge is 0.325 e. The van der Waals surface area contributed by atoms with Gasteiger partial charge in [0.2, 0.25) is 6.58 Å². The van der Waals surface area contributed by atoms with Gasteiger partial charge in [0, 0.05) is 0 Å². The number of hydrogen-bond donors (Lipinski definition) is 3. The maximum atomic E-state index is 8.92. The summed E-state index contributed by atoms with van der Waals surface area (Å²) in [5.41, 5.74) is 1.83. The van der Waals surface area contributed by atoms with Gasteiger partial charge in [-0.1, -0.05) is 30.8 Å². The zero-order valence-electron chi connectivity index (χ0n) is 14.3. The molecule has 0 atom stereocenters. The van der Waals surface area contributed by atoms with Crippen molar-refractivity contribution in [1.29, 1.82) is 0 Å². The van der Waals surface area contributed by atoms with Crippen molar-refractivity contribution in [2.45, 2.75) is 20.1 Å². The Kier molecular flexibility index (Phi) is 12.8. The number of rotatable bonds is 6. The predicted octanol–water partition coefficient (Wildman–Crippen LogP) is 3.91. The first-order valence-electron chi connectivity index (χ1n) is 7.61. The number of aromatic hydroxyl groups is 2. The molecule has 0 radical (unpaired) electrons. The van der Waals surface area contributed by atoms with Crippen LogP contribution in [0.25, 0.3) is 0 Å². The number of phenolic OH excluding ortho intramolecular Hbond substituents is 2. The van der Waals surface area contributed by atoms with Gasteiger partial charge in [-0.2, -0.15) is 0 Å². The van der Waals surface area contributed by atoms with Crippen LogP contribution in [0.3, 0.4) is 0 Å². The Morgan fingerprint density at radius 1 is 0.920 bits per heavy atom. The monoisotopic (exact) mass is 345 g/mol. The van der Waals surface area contributed by atoms with Crippen molar-refractivity contribution in [3.05, 3.63) is 85.3 Å². The van der Waals surface area contributed by atoms with Crippen LogP contribution in [-0.4, -0.2) is 21.9 Å². The molecule has 0 aliphatic carbocycles. The first kappa shape index (κ1) is 22.0. The van der Waals surface area contributed by atoms with Gasteiger partial charge in [-0.15, -0.1) is 0 Å². The Hall–Kier alpha value is -3.01. The van der Waals surface area contributed by atoms with E-state index >= 15 is 0 Å². The molecule has 134 valence electrons. The highest BCUT2D eigenvalue weighted by molar-refractivity contribution is 5.25. The van der Waals surface area contributed by atoms with Crippen molar-refractivity contribution in [2.24, 2.45) is 0 Å². The summed E-state index contributed by atoms with van der Waals surface area (Å²) in [6, 6.07) is 13.3. The predicted molar refractivity (Wildman–Crippen MR) is 97.6 cm³/mol. The third kappa shape index (κ3) is 12.1. The maximum Gasteiger partial charge on any atom is 0.325 e. The minimum Gasteiger partial charge on any atom is -0.508 e. The summed E-state index contributed by atoms with van der Waals surface area (Å²) < 4.78 is 9.43. The third-order valence-corrected chi connectivity index (χ3v) is 2.69. The first-order chi connectivity index (χ1) is 12.1. The summed E-state index contributed by atoms with van der Waals surface area (Å²) in [4.78, 5) is 0. The van der Waals surface area contributed by atoms with E-state index in [9.17, 15) is 0 Å². The molecule has 2 aromatic rings. The lowest BCUT2D eigenvalue weighted by Crippen LogP contribution is -1.84. The van der Waals surface area contributed by atoms with E-state index in [0.717, 1.165) is 11.1 Å². The van der Waals surface area contributed by atoms with Gasteiger partial charge in [0.1, 0.15) is 18.1 Å². The van der Waals surface area contributed by atoms with Gasteiger partial charge in [0.05, 0.1) is 19.5 Å². The molecule has 0 fully saturated rings. The Morgan fingerprint density at radius 2 is 1.40 bits per heavy atom. The van der Waals surface area contributed by atoms with E-state index in [0.29, 0.717) is 13.2 Å². The number of aliphatic hydroxyl groups excluding tert-OH is 1. The molecule has 0 aliphatic heterocycles. The Labute approximate surface area is 149 Å². The minimum atomic E-state index is 0.0281. The third-order valence-electron chi connectivity index (χ3n) is 2.69. The fourth-order valence-electron chi connectivity index (χ4n) is 1.44. The van der Waals surface area contributed by atoms with Gasteiger partial charge >= 0.3 is 6.26 Å². The fraction of sp³-hybridized carbons (Fsp3) is 0.200. The molecule has 5 heteroatoms. The van der Waals surface area contributed by atoms with E-state index < -0.39 is 0 Å². The van der Waals surface area contributed by atoms with Gasteiger partial charge in [-0.05, 0) is 42.3 Å². The highest BCUT2D eigenvalue weighted by Crippen LogP contribution is 2.10. The summed E-state index contributed by atoms with van der Waals surface area (Å²) in [6.07, 6.45) is 2.58. The SMILES string of the molecule is C=COCc1ccc(O)cc1.OCc1ccc(O)cc1.[CH+]=COCC. The van der Waals surface area contributed by atoms with Gasteiger partial charge in [0.25, 0.3) is 0 Å². The van der Waals surface area contributed by atoms with Crippen LogP contribution in [0.2, 0.25) is 0 Å². The van der Waals surface area contributed by atoms with Crippen LogP contribution in [0, 0.1) is 6.58 Å². The summed E-state index contributed by atoms with van der Waals surface area (Å²) in [5, 5.41) is 26.2. The van der Waals surface area contributed by atoms with Gasteiger partial charge in [-0.3, -0.25) is 0 Å². The van der Waals surface area contributed by atoms with E-state index in [4.69, 9.17) is 26.6 Å². The second-order valence-electron chi connectivity index (χ2n) is 4.56. The van der Waals surface area contributed by atoms with Crippen molar-refractivity contribution in [1.82, 2.24) is 0 Å². The standard InChI is InChI=1S/C9H10O2.C7H8O2.C4H7O/c1-2-11-7-8-3-5-9(10)6-4-8;8-5-6-1-3-7(9)4-2-6;1-3-5-4-2/h2-6,10H,1,7H2;1-4,8-9H,5H2;1,3H,4H2,2H3/q;;+1. The van der Waals surface area contributed by atoms with Crippen LogP contribution >= 0.6 is 0 Å². The van der Waals surface area contributed by atoms with Gasteiger partial charge in [0.15, 0.2) is 0 Å². The molecular formula is C20H25O5+. The van der Waals surface area contributed by atoms with Gasteiger partial charge < -0.3 is 24.8 Å². The summed E-state index contributed by atoms with van der Waals surface area (Å²) in [5.74, 6) is 0.500. The number of phenols is 2. The quantitative estimate of drug-likeness (QED) is 0.546. The second-order valence-corrected chi connectivity index (χ2v) is 4.56. The van der Waals surface area contributed by atoms with Crippen molar-refractivity contribution in [3.63, 3.8) is 0 Å². The van der Waals surface area contributed by atoms with Crippen molar-refractivity contribution < 1.29 is 24.8 Å². The molecule has 25 heavy (non-hydrogen) atoms. The molecule has 0 saturated carbocycles. The summed E-state index contributed by atoms with van der Waals surface area (Å²) in [7, 11) is 0. The lowest BCUT2D eigenvalue weighted by atomic mass is 10.2. The lowest BCUT2D eigenvalue weighted by molar-refractivity contribution is 0.237. The fourth-order valence-corrected chi connectivity index (χ4v) is 1.44. The number of ether oxygens (including phenoxy) is 2. The average molecular weight is 345 g/mol. The largest absolute Gasteiger partial charge is 0.508 e. The van der Waals surface area contributed by atoms with Crippen LogP contribution in [0.1, 0.15) is 18.1 Å². The molecule has 0 heterocycles. The molecule has 0 spiro atoms. The normalized spacial score (nSPS) is 8.68. The molecule has 3 N–H and O–H groups in total. The van der Waals surface area contributed by atoms with Crippen molar-refractivity contribution in [2.75, 3.05) is 6.61 Å². The molecule has 0 amide bonds. The Morgan fingerprint density at radius 3 is 1.72 bits per heavy atom. The van der Waals surface area contributed by atoms with Crippen LogP contribution in [0.5, 0.6) is 11.5 Å². The van der Waals surface area contributed by atoms with Gasteiger partial charge in [-0.25, -0.2) is 0 Å². The van der Waals surface area contributed by atoms with Crippen LogP contribution in [-0.2, 0) is 22.7 Å². The lowest BCUT2D eigenvalue weighted by Gasteiger charge is -1.99. The Bertz CT molecular complexity index is 576. The van der Waals surface area contributed by atoms with E-state index in [-0.39, 0.29) is 18.1 Å². The average Bonchev–Trinajstić information content (AvgIpc) is 2.64. The van der Waals surface area contributed by atoms with Crippen LogP contribution < -0.4 is 0 Å². The highest BCUT2D eigenvalue weighted by atomic mass is 16.5. The number of hydrogen-bond acceptors (Lipinski definition) is 5.